The second kappa shape index (κ2) is 7.45. The number of nitrogens with zero attached hydrogens (tertiary/aromatic N) is 3. The first-order valence-corrected chi connectivity index (χ1v) is 8.00. The lowest BCUT2D eigenvalue weighted by Crippen LogP contribution is -2.14. The van der Waals surface area contributed by atoms with Crippen molar-refractivity contribution in [2.24, 2.45) is 0 Å². The molecule has 0 aliphatic heterocycles. The van der Waals surface area contributed by atoms with Crippen molar-refractivity contribution in [1.29, 1.82) is 0 Å². The van der Waals surface area contributed by atoms with E-state index in [1.807, 2.05) is 0 Å². The molecule has 0 unspecified atom stereocenters. The van der Waals surface area contributed by atoms with E-state index in [4.69, 9.17) is 4.98 Å². The molecule has 108 valence electrons. The van der Waals surface area contributed by atoms with Gasteiger partial charge in [0.25, 0.3) is 0 Å². The molecule has 20 heavy (non-hydrogen) atoms. The van der Waals surface area contributed by atoms with Gasteiger partial charge in [0.15, 0.2) is 0 Å². The van der Waals surface area contributed by atoms with E-state index < -0.39 is 0 Å². The summed E-state index contributed by atoms with van der Waals surface area (Å²) in [5.74, 6) is 0.430. The van der Waals surface area contributed by atoms with Gasteiger partial charge in [-0.2, -0.15) is 0 Å². The largest absolute Gasteiger partial charge is 0.312 e. The van der Waals surface area contributed by atoms with Crippen LogP contribution in [-0.4, -0.2) is 21.5 Å². The van der Waals surface area contributed by atoms with E-state index in [0.717, 1.165) is 23.8 Å². The molecule has 0 saturated heterocycles. The van der Waals surface area contributed by atoms with Gasteiger partial charge in [0.05, 0.1) is 11.9 Å². The summed E-state index contributed by atoms with van der Waals surface area (Å²) in [7, 11) is 0. The zero-order valence-corrected chi connectivity index (χ0v) is 13.2. The first kappa shape index (κ1) is 15.1. The van der Waals surface area contributed by atoms with Crippen molar-refractivity contribution >= 4 is 11.3 Å². The van der Waals surface area contributed by atoms with Gasteiger partial charge in [0.1, 0.15) is 10.7 Å². The highest BCUT2D eigenvalue weighted by Gasteiger charge is 2.15. The van der Waals surface area contributed by atoms with Gasteiger partial charge < -0.3 is 5.32 Å². The van der Waals surface area contributed by atoms with Crippen LogP contribution in [0, 0.1) is 0 Å². The van der Waals surface area contributed by atoms with Crippen LogP contribution in [-0.2, 0) is 6.54 Å². The molecule has 5 heteroatoms. The molecule has 0 amide bonds. The molecule has 2 heterocycles. The van der Waals surface area contributed by atoms with Crippen LogP contribution in [0.4, 0.5) is 0 Å². The summed E-state index contributed by atoms with van der Waals surface area (Å²) in [6.45, 7) is 8.54. The second-order valence-corrected chi connectivity index (χ2v) is 6.19. The maximum atomic E-state index is 4.75. The number of hydrogen-bond acceptors (Lipinski definition) is 5. The first-order valence-electron chi connectivity index (χ1n) is 7.19. The fourth-order valence-corrected chi connectivity index (χ4v) is 3.11. The van der Waals surface area contributed by atoms with Crippen LogP contribution < -0.4 is 5.32 Å². The van der Waals surface area contributed by atoms with Crippen LogP contribution in [0.25, 0.3) is 10.7 Å². The average molecular weight is 290 g/mol. The van der Waals surface area contributed by atoms with E-state index in [0.29, 0.717) is 5.92 Å². The van der Waals surface area contributed by atoms with E-state index in [1.54, 1.807) is 29.9 Å². The molecule has 2 aromatic heterocycles. The molecule has 0 spiro atoms. The molecule has 1 N–H and O–H groups in total. The number of rotatable bonds is 7. The van der Waals surface area contributed by atoms with Crippen molar-refractivity contribution in [1.82, 2.24) is 20.3 Å². The summed E-state index contributed by atoms with van der Waals surface area (Å²) in [4.78, 5) is 14.5. The molecule has 0 radical (unpaired) electrons. The molecule has 0 aromatic carbocycles. The number of aromatic nitrogens is 3. The van der Waals surface area contributed by atoms with Crippen molar-refractivity contribution < 1.29 is 0 Å². The maximum absolute atomic E-state index is 4.75. The molecule has 4 nitrogen and oxygen atoms in total. The van der Waals surface area contributed by atoms with Gasteiger partial charge in [-0.1, -0.05) is 27.2 Å². The Kier molecular flexibility index (Phi) is 5.61. The lowest BCUT2D eigenvalue weighted by molar-refractivity contribution is 0.639. The monoisotopic (exact) mass is 290 g/mol. The summed E-state index contributed by atoms with van der Waals surface area (Å²) in [5.41, 5.74) is 2.04. The van der Waals surface area contributed by atoms with Gasteiger partial charge in [0, 0.05) is 23.8 Å². The van der Waals surface area contributed by atoms with Gasteiger partial charge in [-0.05, 0) is 18.9 Å². The number of unbranched alkanes of at least 4 members (excludes halogenated alkanes) is 1. The van der Waals surface area contributed by atoms with Crippen molar-refractivity contribution in [3.05, 3.63) is 29.2 Å². The molecular weight excluding hydrogens is 268 g/mol. The highest BCUT2D eigenvalue weighted by Crippen LogP contribution is 2.30. The summed E-state index contributed by atoms with van der Waals surface area (Å²) in [6.07, 6.45) is 7.61. The first-order chi connectivity index (χ1) is 9.72. The van der Waals surface area contributed by atoms with Crippen LogP contribution in [0.15, 0.2) is 18.6 Å². The topological polar surface area (TPSA) is 50.7 Å². The van der Waals surface area contributed by atoms with Crippen LogP contribution >= 0.6 is 11.3 Å². The minimum Gasteiger partial charge on any atom is -0.312 e. The van der Waals surface area contributed by atoms with E-state index >= 15 is 0 Å². The third-order valence-electron chi connectivity index (χ3n) is 3.05. The molecule has 2 rings (SSSR count). The standard InChI is InChI=1S/C15H22N4S/c1-4-5-6-16-10-13-14(11(2)3)19-15(20-13)12-9-17-7-8-18-12/h7-9,11,16H,4-6,10H2,1-3H3. The Hall–Kier alpha value is -1.33. The Morgan fingerprint density at radius 1 is 1.30 bits per heavy atom. The quantitative estimate of drug-likeness (QED) is 0.791. The van der Waals surface area contributed by atoms with Crippen molar-refractivity contribution in [3.63, 3.8) is 0 Å². The predicted molar refractivity (Wildman–Crippen MR) is 83.8 cm³/mol. The minimum absolute atomic E-state index is 0.430. The lowest BCUT2D eigenvalue weighted by atomic mass is 10.1. The Balaban J connectivity index is 2.16. The molecule has 0 fully saturated rings. The van der Waals surface area contributed by atoms with E-state index in [-0.39, 0.29) is 0 Å². The van der Waals surface area contributed by atoms with Gasteiger partial charge in [-0.3, -0.25) is 9.97 Å². The lowest BCUT2D eigenvalue weighted by Gasteiger charge is -2.06. The Labute approximate surface area is 124 Å². The zero-order chi connectivity index (χ0) is 14.4. The number of nitrogens with one attached hydrogen (secondary N) is 1. The smallest absolute Gasteiger partial charge is 0.144 e. The van der Waals surface area contributed by atoms with Crippen LogP contribution in [0.5, 0.6) is 0 Å². The average Bonchev–Trinajstić information content (AvgIpc) is 2.89. The summed E-state index contributed by atoms with van der Waals surface area (Å²) in [6, 6.07) is 0. The third-order valence-corrected chi connectivity index (χ3v) is 4.14. The minimum atomic E-state index is 0.430. The zero-order valence-electron chi connectivity index (χ0n) is 12.4. The summed E-state index contributed by atoms with van der Waals surface area (Å²) >= 11 is 1.72. The Morgan fingerprint density at radius 3 is 2.80 bits per heavy atom. The van der Waals surface area contributed by atoms with Crippen molar-refractivity contribution in [2.45, 2.75) is 46.1 Å². The second-order valence-electron chi connectivity index (χ2n) is 5.10. The predicted octanol–water partition coefficient (Wildman–Crippen LogP) is 3.61. The fraction of sp³-hybridized carbons (Fsp3) is 0.533. The molecule has 0 aliphatic carbocycles. The van der Waals surface area contributed by atoms with Gasteiger partial charge >= 0.3 is 0 Å². The summed E-state index contributed by atoms with van der Waals surface area (Å²) in [5, 5.41) is 4.46. The Bertz CT molecular complexity index is 522. The van der Waals surface area contributed by atoms with Gasteiger partial charge in [-0.25, -0.2) is 4.98 Å². The van der Waals surface area contributed by atoms with Gasteiger partial charge in [0.2, 0.25) is 0 Å². The fourth-order valence-electron chi connectivity index (χ4n) is 1.96. The van der Waals surface area contributed by atoms with E-state index in [9.17, 15) is 0 Å². The molecule has 0 atom stereocenters. The van der Waals surface area contributed by atoms with Crippen molar-refractivity contribution in [3.8, 4) is 10.7 Å². The van der Waals surface area contributed by atoms with Crippen LogP contribution in [0.2, 0.25) is 0 Å². The van der Waals surface area contributed by atoms with Gasteiger partial charge in [-0.15, -0.1) is 11.3 Å². The summed E-state index contributed by atoms with van der Waals surface area (Å²) < 4.78 is 0. The number of thiazole rings is 1. The molecule has 0 saturated carbocycles. The van der Waals surface area contributed by atoms with Crippen LogP contribution in [0.1, 0.15) is 50.1 Å². The molecule has 0 bridgehead atoms. The number of hydrogen-bond donors (Lipinski definition) is 1. The molecule has 0 aliphatic rings. The Morgan fingerprint density at radius 2 is 2.15 bits per heavy atom. The molecular formula is C15H22N4S. The molecule has 2 aromatic rings. The third kappa shape index (κ3) is 3.84. The van der Waals surface area contributed by atoms with Crippen LogP contribution in [0.3, 0.4) is 0 Å². The maximum Gasteiger partial charge on any atom is 0.144 e. The highest BCUT2D eigenvalue weighted by molar-refractivity contribution is 7.15. The normalized spacial score (nSPS) is 11.2. The van der Waals surface area contributed by atoms with E-state index in [1.165, 1.54) is 23.4 Å². The SMILES string of the molecule is CCCCNCc1sc(-c2cnccn2)nc1C(C)C. The van der Waals surface area contributed by atoms with Crippen molar-refractivity contribution in [2.75, 3.05) is 6.54 Å². The highest BCUT2D eigenvalue weighted by atomic mass is 32.1. The van der Waals surface area contributed by atoms with E-state index in [2.05, 4.69) is 36.1 Å².